The van der Waals surface area contributed by atoms with E-state index in [2.05, 4.69) is 29.2 Å². The van der Waals surface area contributed by atoms with Gasteiger partial charge in [0, 0.05) is 41.3 Å². The van der Waals surface area contributed by atoms with E-state index >= 15 is 0 Å². The summed E-state index contributed by atoms with van der Waals surface area (Å²) in [5.41, 5.74) is 5.54. The van der Waals surface area contributed by atoms with Crippen LogP contribution in [0.3, 0.4) is 0 Å². The number of amides is 1. The van der Waals surface area contributed by atoms with Crippen LogP contribution < -0.4 is 0 Å². The summed E-state index contributed by atoms with van der Waals surface area (Å²) in [7, 11) is 0. The Morgan fingerprint density at radius 3 is 2.62 bits per heavy atom. The summed E-state index contributed by atoms with van der Waals surface area (Å²) in [5.74, 6) is 0.159. The summed E-state index contributed by atoms with van der Waals surface area (Å²) < 4.78 is 0. The smallest absolute Gasteiger partial charge is 0.250 e. The fraction of sp³-hybridized carbons (Fsp3) is 0.190. The highest BCUT2D eigenvalue weighted by atomic mass is 16.2. The van der Waals surface area contributed by atoms with Crippen molar-refractivity contribution in [2.45, 2.75) is 13.3 Å². The van der Waals surface area contributed by atoms with Gasteiger partial charge in [-0.05, 0) is 30.5 Å². The molecule has 3 aromatic rings. The first-order valence-corrected chi connectivity index (χ1v) is 8.33. The Morgan fingerprint density at radius 1 is 1.04 bits per heavy atom. The third kappa shape index (κ3) is 2.52. The minimum Gasteiger partial charge on any atom is -0.361 e. The molecule has 0 atom stereocenters. The van der Waals surface area contributed by atoms with Crippen LogP contribution in [0.2, 0.25) is 0 Å². The van der Waals surface area contributed by atoms with Crippen LogP contribution in [0.4, 0.5) is 0 Å². The lowest BCUT2D eigenvalue weighted by Gasteiger charge is -2.16. The highest BCUT2D eigenvalue weighted by Crippen LogP contribution is 2.32. The molecule has 1 aromatic heterocycles. The normalized spacial score (nSPS) is 14.9. The third-order valence-corrected chi connectivity index (χ3v) is 4.84. The van der Waals surface area contributed by atoms with Gasteiger partial charge in [-0.3, -0.25) is 4.79 Å². The molecule has 0 unspecified atom stereocenters. The Morgan fingerprint density at radius 2 is 1.79 bits per heavy atom. The quantitative estimate of drug-likeness (QED) is 0.775. The number of carbonyl (C=O) groups excluding carboxylic acids is 1. The Labute approximate surface area is 141 Å². The first-order chi connectivity index (χ1) is 11.7. The van der Waals surface area contributed by atoms with Gasteiger partial charge in [0.15, 0.2) is 0 Å². The molecule has 0 saturated carbocycles. The van der Waals surface area contributed by atoms with E-state index in [1.54, 1.807) is 0 Å². The van der Waals surface area contributed by atoms with Gasteiger partial charge >= 0.3 is 0 Å². The van der Waals surface area contributed by atoms with Crippen LogP contribution in [0.1, 0.15) is 18.1 Å². The van der Waals surface area contributed by atoms with Gasteiger partial charge in [-0.25, -0.2) is 0 Å². The van der Waals surface area contributed by atoms with Crippen LogP contribution in [-0.4, -0.2) is 28.9 Å². The minimum absolute atomic E-state index is 0.159. The Kier molecular flexibility index (Phi) is 3.69. The number of fused-ring (bicyclic) bond motifs is 1. The zero-order valence-corrected chi connectivity index (χ0v) is 13.8. The Hall–Kier alpha value is -2.81. The van der Waals surface area contributed by atoms with Gasteiger partial charge < -0.3 is 9.88 Å². The van der Waals surface area contributed by atoms with Gasteiger partial charge in [0.1, 0.15) is 0 Å². The van der Waals surface area contributed by atoms with E-state index in [0.717, 1.165) is 35.2 Å². The number of hydrogen-bond donors (Lipinski definition) is 1. The molecule has 2 heterocycles. The second-order valence-electron chi connectivity index (χ2n) is 6.31. The molecule has 0 radical (unpaired) electrons. The zero-order chi connectivity index (χ0) is 16.5. The second kappa shape index (κ2) is 6.00. The molecule has 1 aliphatic rings. The van der Waals surface area contributed by atoms with Crippen molar-refractivity contribution in [3.05, 3.63) is 77.5 Å². The second-order valence-corrected chi connectivity index (χ2v) is 6.31. The molecule has 24 heavy (non-hydrogen) atoms. The molecule has 1 N–H and O–H groups in total. The maximum Gasteiger partial charge on any atom is 0.250 e. The van der Waals surface area contributed by atoms with Crippen molar-refractivity contribution in [2.75, 3.05) is 13.1 Å². The van der Waals surface area contributed by atoms with Crippen LogP contribution in [0, 0.1) is 0 Å². The number of nitrogens with zero attached hydrogens (tertiary/aromatic N) is 1. The number of benzene rings is 2. The Balaban J connectivity index is 1.56. The Bertz CT molecular complexity index is 921. The molecule has 0 bridgehead atoms. The van der Waals surface area contributed by atoms with E-state index in [9.17, 15) is 4.79 Å². The average Bonchev–Trinajstić information content (AvgIpc) is 3.16. The molecular formula is C21H20N2O. The van der Waals surface area contributed by atoms with Gasteiger partial charge in [0.2, 0.25) is 5.91 Å². The first-order valence-electron chi connectivity index (χ1n) is 8.33. The molecule has 0 fully saturated rings. The topological polar surface area (TPSA) is 36.1 Å². The van der Waals surface area contributed by atoms with E-state index in [0.29, 0.717) is 6.54 Å². The summed E-state index contributed by atoms with van der Waals surface area (Å²) in [5, 5.41) is 1.18. The van der Waals surface area contributed by atoms with Gasteiger partial charge in [0.05, 0.1) is 0 Å². The molecule has 3 heteroatoms. The summed E-state index contributed by atoms with van der Waals surface area (Å²) in [4.78, 5) is 17.9. The van der Waals surface area contributed by atoms with Gasteiger partial charge in [-0.2, -0.15) is 0 Å². The standard InChI is InChI=1S/C21H20N2O/c1-15-19(18-13-22-20-10-6-5-9-17(18)20)14-23(21(15)24)12-11-16-7-3-2-4-8-16/h2-10,13,22H,11-12,14H2,1H3. The minimum atomic E-state index is 0.159. The van der Waals surface area contributed by atoms with E-state index in [4.69, 9.17) is 0 Å². The molecule has 120 valence electrons. The first kappa shape index (κ1) is 14.8. The molecule has 0 aliphatic carbocycles. The van der Waals surface area contributed by atoms with E-state index in [1.165, 1.54) is 10.9 Å². The van der Waals surface area contributed by atoms with Crippen molar-refractivity contribution in [1.29, 1.82) is 0 Å². The number of hydrogen-bond acceptors (Lipinski definition) is 1. The molecule has 0 spiro atoms. The van der Waals surface area contributed by atoms with Crippen LogP contribution in [0.15, 0.2) is 66.4 Å². The van der Waals surface area contributed by atoms with Gasteiger partial charge in [-0.15, -0.1) is 0 Å². The lowest BCUT2D eigenvalue weighted by Crippen LogP contribution is -2.29. The van der Waals surface area contributed by atoms with Crippen molar-refractivity contribution in [3.63, 3.8) is 0 Å². The monoisotopic (exact) mass is 316 g/mol. The van der Waals surface area contributed by atoms with Crippen LogP contribution in [0.25, 0.3) is 16.5 Å². The number of H-pyrrole nitrogens is 1. The average molecular weight is 316 g/mol. The lowest BCUT2D eigenvalue weighted by atomic mass is 10.0. The number of para-hydroxylation sites is 1. The van der Waals surface area contributed by atoms with Gasteiger partial charge in [0.25, 0.3) is 0 Å². The summed E-state index contributed by atoms with van der Waals surface area (Å²) in [6.07, 6.45) is 2.92. The molecular weight excluding hydrogens is 296 g/mol. The van der Waals surface area contributed by atoms with Crippen molar-refractivity contribution in [3.8, 4) is 0 Å². The number of carbonyl (C=O) groups is 1. The summed E-state index contributed by atoms with van der Waals surface area (Å²) >= 11 is 0. The van der Waals surface area contributed by atoms with E-state index in [1.807, 2.05) is 48.4 Å². The maximum absolute atomic E-state index is 12.6. The van der Waals surface area contributed by atoms with E-state index in [-0.39, 0.29) is 5.91 Å². The molecule has 1 amide bonds. The zero-order valence-electron chi connectivity index (χ0n) is 13.8. The molecule has 4 rings (SSSR count). The number of aromatic nitrogens is 1. The number of aromatic amines is 1. The van der Waals surface area contributed by atoms with E-state index < -0.39 is 0 Å². The predicted molar refractivity (Wildman–Crippen MR) is 97.6 cm³/mol. The molecule has 1 aliphatic heterocycles. The molecule has 0 saturated heterocycles. The van der Waals surface area contributed by atoms with Crippen molar-refractivity contribution in [1.82, 2.24) is 9.88 Å². The molecule has 2 aromatic carbocycles. The highest BCUT2D eigenvalue weighted by molar-refractivity contribution is 6.08. The van der Waals surface area contributed by atoms with Crippen molar-refractivity contribution < 1.29 is 4.79 Å². The highest BCUT2D eigenvalue weighted by Gasteiger charge is 2.28. The molecule has 3 nitrogen and oxygen atoms in total. The van der Waals surface area contributed by atoms with Crippen LogP contribution in [0.5, 0.6) is 0 Å². The summed E-state index contributed by atoms with van der Waals surface area (Å²) in [6, 6.07) is 18.6. The fourth-order valence-electron chi connectivity index (χ4n) is 3.45. The summed E-state index contributed by atoms with van der Waals surface area (Å²) in [6.45, 7) is 3.40. The number of nitrogens with one attached hydrogen (secondary N) is 1. The SMILES string of the molecule is CC1=C(c2c[nH]c3ccccc23)CN(CCc2ccccc2)C1=O. The van der Waals surface area contributed by atoms with Crippen molar-refractivity contribution in [2.24, 2.45) is 0 Å². The third-order valence-electron chi connectivity index (χ3n) is 4.84. The predicted octanol–water partition coefficient (Wildman–Crippen LogP) is 4.03. The van der Waals surface area contributed by atoms with Crippen LogP contribution in [-0.2, 0) is 11.2 Å². The van der Waals surface area contributed by atoms with Gasteiger partial charge in [-0.1, -0.05) is 48.5 Å². The lowest BCUT2D eigenvalue weighted by molar-refractivity contribution is -0.125. The fourth-order valence-corrected chi connectivity index (χ4v) is 3.45. The van der Waals surface area contributed by atoms with Crippen LogP contribution >= 0.6 is 0 Å². The number of rotatable bonds is 4. The van der Waals surface area contributed by atoms with Crippen molar-refractivity contribution >= 4 is 22.4 Å². The maximum atomic E-state index is 12.6. The largest absolute Gasteiger partial charge is 0.361 e.